The van der Waals surface area contributed by atoms with Crippen LogP contribution in [-0.2, 0) is 4.79 Å². The lowest BCUT2D eigenvalue weighted by molar-refractivity contribution is -0.126. The summed E-state index contributed by atoms with van der Waals surface area (Å²) in [6.07, 6.45) is -3.21. The molecule has 0 bridgehead atoms. The molecule has 19 heavy (non-hydrogen) atoms. The summed E-state index contributed by atoms with van der Waals surface area (Å²) in [5.74, 6) is -0.239. The molecule has 0 saturated carbocycles. The molecule has 7 heteroatoms. The van der Waals surface area contributed by atoms with E-state index in [1.807, 2.05) is 6.92 Å². The van der Waals surface area contributed by atoms with Crippen molar-refractivity contribution in [1.82, 2.24) is 5.32 Å². The summed E-state index contributed by atoms with van der Waals surface area (Å²) in [6.45, 7) is 1.07. The molecule has 0 spiro atoms. The van der Waals surface area contributed by atoms with E-state index in [4.69, 9.17) is 10.2 Å². The molecule has 4 atom stereocenters. The van der Waals surface area contributed by atoms with Crippen LogP contribution >= 0.6 is 0 Å². The zero-order valence-electron chi connectivity index (χ0n) is 11.2. The lowest BCUT2D eigenvalue weighted by Gasteiger charge is -2.25. The zero-order valence-corrected chi connectivity index (χ0v) is 11.2. The fourth-order valence-corrected chi connectivity index (χ4v) is 1.53. The van der Waals surface area contributed by atoms with Gasteiger partial charge >= 0.3 is 0 Å². The average molecular weight is 279 g/mol. The number of carbonyl (C=O) groups excluding carboxylic acids is 1. The summed E-state index contributed by atoms with van der Waals surface area (Å²) in [5.41, 5.74) is 0. The van der Waals surface area contributed by atoms with Gasteiger partial charge in [-0.25, -0.2) is 0 Å². The van der Waals surface area contributed by atoms with E-state index < -0.39 is 31.0 Å². The van der Waals surface area contributed by atoms with Gasteiger partial charge < -0.3 is 30.8 Å². The first-order valence-corrected chi connectivity index (χ1v) is 6.53. The van der Waals surface area contributed by atoms with Crippen LogP contribution < -0.4 is 5.32 Å². The van der Waals surface area contributed by atoms with Crippen molar-refractivity contribution in [2.24, 2.45) is 0 Å². The molecular formula is C12H25NO6. The van der Waals surface area contributed by atoms with Crippen molar-refractivity contribution in [3.05, 3.63) is 0 Å². The Morgan fingerprint density at radius 2 is 1.63 bits per heavy atom. The topological polar surface area (TPSA) is 130 Å². The predicted molar refractivity (Wildman–Crippen MR) is 68.3 cm³/mol. The van der Waals surface area contributed by atoms with E-state index in [-0.39, 0.29) is 12.5 Å². The molecule has 0 rings (SSSR count). The van der Waals surface area contributed by atoms with Crippen LogP contribution in [0.3, 0.4) is 0 Å². The quantitative estimate of drug-likeness (QED) is 0.260. The number of unbranched alkanes of at least 4 members (excludes halogenated alkanes) is 2. The van der Waals surface area contributed by atoms with E-state index in [2.05, 4.69) is 5.32 Å². The summed E-state index contributed by atoms with van der Waals surface area (Å²) in [7, 11) is 0. The van der Waals surface area contributed by atoms with E-state index in [1.54, 1.807) is 0 Å². The molecule has 0 radical (unpaired) electrons. The maximum atomic E-state index is 11.3. The van der Waals surface area contributed by atoms with Crippen LogP contribution in [0.2, 0.25) is 0 Å². The second-order valence-corrected chi connectivity index (χ2v) is 4.56. The fraction of sp³-hybridized carbons (Fsp3) is 0.917. The molecule has 0 aliphatic rings. The molecule has 0 aromatic heterocycles. The van der Waals surface area contributed by atoms with E-state index in [0.717, 1.165) is 19.3 Å². The Hall–Kier alpha value is -0.730. The van der Waals surface area contributed by atoms with Gasteiger partial charge in [0.25, 0.3) is 0 Å². The van der Waals surface area contributed by atoms with Gasteiger partial charge in [0.05, 0.1) is 12.7 Å². The second kappa shape index (κ2) is 10.1. The maximum absolute atomic E-state index is 11.3. The highest BCUT2D eigenvalue weighted by Crippen LogP contribution is 2.05. The molecule has 0 fully saturated rings. The van der Waals surface area contributed by atoms with Crippen LogP contribution in [-0.4, -0.2) is 69.0 Å². The molecule has 0 aliphatic heterocycles. The molecular weight excluding hydrogens is 254 g/mol. The molecule has 0 aromatic carbocycles. The minimum absolute atomic E-state index is 0.221. The lowest BCUT2D eigenvalue weighted by atomic mass is 10.0. The summed E-state index contributed by atoms with van der Waals surface area (Å²) >= 11 is 0. The third-order valence-corrected chi connectivity index (χ3v) is 2.84. The minimum atomic E-state index is -1.67. The largest absolute Gasteiger partial charge is 0.394 e. The molecule has 0 aliphatic carbocycles. The van der Waals surface area contributed by atoms with Crippen molar-refractivity contribution in [1.29, 1.82) is 0 Å². The van der Waals surface area contributed by atoms with Gasteiger partial charge in [-0.1, -0.05) is 19.8 Å². The van der Waals surface area contributed by atoms with Crippen molar-refractivity contribution in [2.45, 2.75) is 57.0 Å². The Kier molecular flexibility index (Phi) is 9.72. The second-order valence-electron chi connectivity index (χ2n) is 4.56. The van der Waals surface area contributed by atoms with Crippen LogP contribution in [0.4, 0.5) is 0 Å². The molecule has 114 valence electrons. The van der Waals surface area contributed by atoms with Crippen LogP contribution in [0.5, 0.6) is 0 Å². The third-order valence-electron chi connectivity index (χ3n) is 2.84. The molecule has 1 amide bonds. The van der Waals surface area contributed by atoms with Crippen LogP contribution in [0.25, 0.3) is 0 Å². The van der Waals surface area contributed by atoms with Crippen molar-refractivity contribution >= 4 is 5.91 Å². The summed E-state index contributed by atoms with van der Waals surface area (Å²) in [6, 6.07) is 0. The summed E-state index contributed by atoms with van der Waals surface area (Å²) in [4.78, 5) is 11.3. The van der Waals surface area contributed by atoms with Gasteiger partial charge in [-0.2, -0.15) is 0 Å². The van der Waals surface area contributed by atoms with Gasteiger partial charge in [-0.05, 0) is 6.42 Å². The molecule has 7 nitrogen and oxygen atoms in total. The highest BCUT2D eigenvalue weighted by atomic mass is 16.4. The van der Waals surface area contributed by atoms with Gasteiger partial charge in [0.1, 0.15) is 18.3 Å². The van der Waals surface area contributed by atoms with Crippen molar-refractivity contribution < 1.29 is 30.3 Å². The Bertz CT molecular complexity index is 250. The minimum Gasteiger partial charge on any atom is -0.394 e. The van der Waals surface area contributed by atoms with Crippen LogP contribution in [0.1, 0.15) is 32.6 Å². The molecule has 0 aromatic rings. The van der Waals surface area contributed by atoms with Gasteiger partial charge in [0.2, 0.25) is 5.91 Å². The molecule has 6 N–H and O–H groups in total. The van der Waals surface area contributed by atoms with Crippen LogP contribution in [0.15, 0.2) is 0 Å². The third kappa shape index (κ3) is 7.44. The first kappa shape index (κ1) is 18.3. The number of hydrogen-bond donors (Lipinski definition) is 6. The number of hydrogen-bond acceptors (Lipinski definition) is 6. The molecule has 0 heterocycles. The van der Waals surface area contributed by atoms with Crippen LogP contribution in [0, 0.1) is 0 Å². The SMILES string of the molecule is CCCCCC(=O)NC[C@H](O)[C@@H](O)[C@H](O)[C@H](O)CO. The number of aliphatic hydroxyl groups is 5. The first-order valence-electron chi connectivity index (χ1n) is 6.53. The Morgan fingerprint density at radius 1 is 1.05 bits per heavy atom. The van der Waals surface area contributed by atoms with Gasteiger partial charge in [0.15, 0.2) is 0 Å². The standard InChI is InChI=1S/C12H25NO6/c1-2-3-4-5-10(17)13-6-8(15)11(18)12(19)9(16)7-14/h8-9,11-12,14-16,18-19H,2-7H2,1H3,(H,13,17)/t8-,9+,11+,12+/m0/s1. The maximum Gasteiger partial charge on any atom is 0.220 e. The number of amides is 1. The van der Waals surface area contributed by atoms with E-state index >= 15 is 0 Å². The van der Waals surface area contributed by atoms with Gasteiger partial charge in [-0.15, -0.1) is 0 Å². The Labute approximate surface area is 112 Å². The average Bonchev–Trinajstić information content (AvgIpc) is 2.42. The molecule has 0 saturated heterocycles. The smallest absolute Gasteiger partial charge is 0.220 e. The monoisotopic (exact) mass is 279 g/mol. The Morgan fingerprint density at radius 3 is 2.16 bits per heavy atom. The number of aliphatic hydroxyl groups excluding tert-OH is 5. The highest BCUT2D eigenvalue weighted by molar-refractivity contribution is 5.75. The molecule has 0 unspecified atom stereocenters. The van der Waals surface area contributed by atoms with Gasteiger partial charge in [-0.3, -0.25) is 4.79 Å². The normalized spacial score (nSPS) is 17.6. The highest BCUT2D eigenvalue weighted by Gasteiger charge is 2.29. The van der Waals surface area contributed by atoms with Crippen molar-refractivity contribution in [2.75, 3.05) is 13.2 Å². The van der Waals surface area contributed by atoms with E-state index in [9.17, 15) is 20.1 Å². The first-order chi connectivity index (χ1) is 8.93. The fourth-order valence-electron chi connectivity index (χ4n) is 1.53. The van der Waals surface area contributed by atoms with E-state index in [1.165, 1.54) is 0 Å². The van der Waals surface area contributed by atoms with Crippen molar-refractivity contribution in [3.63, 3.8) is 0 Å². The zero-order chi connectivity index (χ0) is 14.8. The predicted octanol–water partition coefficient (Wildman–Crippen LogP) is -1.88. The number of rotatable bonds is 10. The Balaban J connectivity index is 3.95. The number of nitrogens with one attached hydrogen (secondary N) is 1. The summed E-state index contributed by atoms with van der Waals surface area (Å²) < 4.78 is 0. The van der Waals surface area contributed by atoms with E-state index in [0.29, 0.717) is 6.42 Å². The number of carbonyl (C=O) groups is 1. The van der Waals surface area contributed by atoms with Gasteiger partial charge in [0, 0.05) is 13.0 Å². The summed E-state index contributed by atoms with van der Waals surface area (Å²) in [5, 5.41) is 48.5. The van der Waals surface area contributed by atoms with Crippen molar-refractivity contribution in [3.8, 4) is 0 Å². The lowest BCUT2D eigenvalue weighted by Crippen LogP contribution is -2.49.